The fraction of sp³-hybridized carbons (Fsp3) is 0.440. The average Bonchev–Trinajstić information content (AvgIpc) is 2.80. The van der Waals surface area contributed by atoms with Crippen molar-refractivity contribution in [3.8, 4) is 0 Å². The van der Waals surface area contributed by atoms with E-state index in [9.17, 15) is 14.0 Å². The van der Waals surface area contributed by atoms with Gasteiger partial charge in [-0.05, 0) is 50.5 Å². The Hall–Kier alpha value is -2.73. The first-order chi connectivity index (χ1) is 14.8. The number of benzene rings is 2. The first-order valence-electron chi connectivity index (χ1n) is 10.9. The maximum atomic E-state index is 13.1. The van der Waals surface area contributed by atoms with Gasteiger partial charge in [-0.2, -0.15) is 0 Å². The van der Waals surface area contributed by atoms with Crippen LogP contribution in [0.1, 0.15) is 31.9 Å². The third-order valence-corrected chi connectivity index (χ3v) is 6.18. The van der Waals surface area contributed by atoms with Crippen LogP contribution >= 0.6 is 0 Å². The van der Waals surface area contributed by atoms with Gasteiger partial charge in [0, 0.05) is 32.7 Å². The fourth-order valence-corrected chi connectivity index (χ4v) is 3.98. The Morgan fingerprint density at radius 1 is 1.00 bits per heavy atom. The van der Waals surface area contributed by atoms with Gasteiger partial charge in [0.2, 0.25) is 11.8 Å². The predicted octanol–water partition coefficient (Wildman–Crippen LogP) is 2.99. The maximum absolute atomic E-state index is 13.1. The van der Waals surface area contributed by atoms with Crippen molar-refractivity contribution in [2.75, 3.05) is 32.7 Å². The SMILES string of the molecule is CC(C(=O)NCCc1ccc(F)cc1)N1CCN(C(=O)C(C)(C)c2ccccc2)CC1. The smallest absolute Gasteiger partial charge is 0.237 e. The zero-order valence-corrected chi connectivity index (χ0v) is 18.6. The molecule has 1 heterocycles. The van der Waals surface area contributed by atoms with Crippen LogP contribution in [0, 0.1) is 5.82 Å². The molecule has 31 heavy (non-hydrogen) atoms. The quantitative estimate of drug-likeness (QED) is 0.742. The highest BCUT2D eigenvalue weighted by atomic mass is 19.1. The minimum atomic E-state index is -0.577. The first-order valence-corrected chi connectivity index (χ1v) is 10.9. The van der Waals surface area contributed by atoms with Gasteiger partial charge in [0.05, 0.1) is 11.5 Å². The number of rotatable bonds is 7. The lowest BCUT2D eigenvalue weighted by atomic mass is 9.83. The van der Waals surface area contributed by atoms with E-state index in [1.807, 2.05) is 56.0 Å². The van der Waals surface area contributed by atoms with E-state index in [2.05, 4.69) is 10.2 Å². The minimum Gasteiger partial charge on any atom is -0.354 e. The van der Waals surface area contributed by atoms with E-state index in [0.717, 1.165) is 11.1 Å². The molecule has 0 aromatic heterocycles. The van der Waals surface area contributed by atoms with Gasteiger partial charge in [0.1, 0.15) is 5.82 Å². The molecule has 1 fully saturated rings. The number of hydrogen-bond donors (Lipinski definition) is 1. The van der Waals surface area contributed by atoms with Gasteiger partial charge in [-0.15, -0.1) is 0 Å². The van der Waals surface area contributed by atoms with Crippen LogP contribution in [0.5, 0.6) is 0 Å². The van der Waals surface area contributed by atoms with Crippen molar-refractivity contribution < 1.29 is 14.0 Å². The number of halogens is 1. The van der Waals surface area contributed by atoms with Crippen molar-refractivity contribution in [3.63, 3.8) is 0 Å². The first kappa shape index (κ1) is 22.9. The number of amides is 2. The molecule has 1 atom stereocenters. The molecule has 3 rings (SSSR count). The second-order valence-electron chi connectivity index (χ2n) is 8.66. The van der Waals surface area contributed by atoms with Gasteiger partial charge in [-0.1, -0.05) is 42.5 Å². The molecular weight excluding hydrogens is 393 g/mol. The molecule has 0 radical (unpaired) electrons. The Morgan fingerprint density at radius 3 is 2.23 bits per heavy atom. The molecule has 1 unspecified atom stereocenters. The summed E-state index contributed by atoms with van der Waals surface area (Å²) in [5, 5.41) is 2.97. The lowest BCUT2D eigenvalue weighted by Crippen LogP contribution is -2.57. The minimum absolute atomic E-state index is 0.0218. The molecule has 1 aliphatic heterocycles. The Morgan fingerprint density at radius 2 is 1.61 bits per heavy atom. The molecule has 0 saturated carbocycles. The average molecular weight is 426 g/mol. The summed E-state index contributed by atoms with van der Waals surface area (Å²) in [6.45, 7) is 8.91. The molecule has 1 aliphatic rings. The summed E-state index contributed by atoms with van der Waals surface area (Å²) in [6.07, 6.45) is 0.662. The Balaban J connectivity index is 1.46. The van der Waals surface area contributed by atoms with Crippen molar-refractivity contribution in [1.82, 2.24) is 15.1 Å². The van der Waals surface area contributed by atoms with E-state index in [-0.39, 0.29) is 23.7 Å². The van der Waals surface area contributed by atoms with Crippen LogP contribution in [0.15, 0.2) is 54.6 Å². The van der Waals surface area contributed by atoms with Gasteiger partial charge in [-0.25, -0.2) is 4.39 Å². The van der Waals surface area contributed by atoms with Crippen molar-refractivity contribution in [1.29, 1.82) is 0 Å². The molecule has 0 aliphatic carbocycles. The highest BCUT2D eigenvalue weighted by molar-refractivity contribution is 5.87. The van der Waals surface area contributed by atoms with Gasteiger partial charge in [0.25, 0.3) is 0 Å². The maximum Gasteiger partial charge on any atom is 0.237 e. The Kier molecular flexibility index (Phi) is 7.44. The molecule has 6 heteroatoms. The highest BCUT2D eigenvalue weighted by Crippen LogP contribution is 2.26. The molecule has 1 N–H and O–H groups in total. The van der Waals surface area contributed by atoms with Gasteiger partial charge >= 0.3 is 0 Å². The number of piperazine rings is 1. The molecule has 2 amide bonds. The number of nitrogens with one attached hydrogen (secondary N) is 1. The number of carbonyl (C=O) groups is 2. The van der Waals surface area contributed by atoms with E-state index in [1.165, 1.54) is 12.1 Å². The summed E-state index contributed by atoms with van der Waals surface area (Å²) in [6, 6.07) is 15.9. The molecule has 2 aromatic rings. The third kappa shape index (κ3) is 5.70. The lowest BCUT2D eigenvalue weighted by molar-refractivity contribution is -0.139. The molecule has 1 saturated heterocycles. The van der Waals surface area contributed by atoms with Crippen LogP contribution in [0.2, 0.25) is 0 Å². The van der Waals surface area contributed by atoms with Crippen molar-refractivity contribution in [2.45, 2.75) is 38.6 Å². The van der Waals surface area contributed by atoms with Crippen LogP contribution in [0.25, 0.3) is 0 Å². The molecule has 2 aromatic carbocycles. The van der Waals surface area contributed by atoms with Gasteiger partial charge < -0.3 is 10.2 Å². The predicted molar refractivity (Wildman–Crippen MR) is 120 cm³/mol. The molecular formula is C25H32FN3O2. The normalized spacial score (nSPS) is 16.1. The van der Waals surface area contributed by atoms with Crippen LogP contribution in [-0.2, 0) is 21.4 Å². The Bertz CT molecular complexity index is 875. The molecule has 0 spiro atoms. The summed E-state index contributed by atoms with van der Waals surface area (Å²) >= 11 is 0. The van der Waals surface area contributed by atoms with Crippen molar-refractivity contribution in [3.05, 3.63) is 71.5 Å². The molecule has 166 valence electrons. The van der Waals surface area contributed by atoms with E-state index in [4.69, 9.17) is 0 Å². The monoisotopic (exact) mass is 425 g/mol. The van der Waals surface area contributed by atoms with Crippen LogP contribution in [0.4, 0.5) is 4.39 Å². The zero-order chi connectivity index (χ0) is 22.4. The number of nitrogens with zero attached hydrogens (tertiary/aromatic N) is 2. The van der Waals surface area contributed by atoms with E-state index in [0.29, 0.717) is 39.1 Å². The molecule has 5 nitrogen and oxygen atoms in total. The Labute approximate surface area is 184 Å². The van der Waals surface area contributed by atoms with Gasteiger partial charge in [-0.3, -0.25) is 14.5 Å². The number of carbonyl (C=O) groups excluding carboxylic acids is 2. The summed E-state index contributed by atoms with van der Waals surface area (Å²) in [5.74, 6) is -0.160. The highest BCUT2D eigenvalue weighted by Gasteiger charge is 2.36. The van der Waals surface area contributed by atoms with E-state index in [1.54, 1.807) is 12.1 Å². The second kappa shape index (κ2) is 10.1. The summed E-state index contributed by atoms with van der Waals surface area (Å²) in [7, 11) is 0. The fourth-order valence-electron chi connectivity index (χ4n) is 3.98. The van der Waals surface area contributed by atoms with Crippen molar-refractivity contribution >= 4 is 11.8 Å². The summed E-state index contributed by atoms with van der Waals surface area (Å²) in [5.41, 5.74) is 1.42. The van der Waals surface area contributed by atoms with E-state index < -0.39 is 5.41 Å². The topological polar surface area (TPSA) is 52.7 Å². The largest absolute Gasteiger partial charge is 0.354 e. The second-order valence-corrected chi connectivity index (χ2v) is 8.66. The standard InChI is InChI=1S/C25H32FN3O2/c1-19(23(30)27-14-13-20-9-11-22(26)12-10-20)28-15-17-29(18-16-28)24(31)25(2,3)21-7-5-4-6-8-21/h4-12,19H,13-18H2,1-3H3,(H,27,30). The molecule has 0 bridgehead atoms. The summed E-state index contributed by atoms with van der Waals surface area (Å²) < 4.78 is 13.0. The lowest BCUT2D eigenvalue weighted by Gasteiger charge is -2.40. The van der Waals surface area contributed by atoms with E-state index >= 15 is 0 Å². The third-order valence-electron chi connectivity index (χ3n) is 6.18. The van der Waals surface area contributed by atoms with Crippen molar-refractivity contribution in [2.24, 2.45) is 0 Å². The van der Waals surface area contributed by atoms with Gasteiger partial charge in [0.15, 0.2) is 0 Å². The van der Waals surface area contributed by atoms with Crippen LogP contribution in [0.3, 0.4) is 0 Å². The van der Waals surface area contributed by atoms with Crippen LogP contribution < -0.4 is 5.32 Å². The zero-order valence-electron chi connectivity index (χ0n) is 18.6. The van der Waals surface area contributed by atoms with Crippen LogP contribution in [-0.4, -0.2) is 60.4 Å². The summed E-state index contributed by atoms with van der Waals surface area (Å²) in [4.78, 5) is 29.7. The number of hydrogen-bond acceptors (Lipinski definition) is 3.